The Kier molecular flexibility index (Phi) is 2.94. The highest BCUT2D eigenvalue weighted by molar-refractivity contribution is 7.80. The van der Waals surface area contributed by atoms with Crippen molar-refractivity contribution in [1.29, 1.82) is 0 Å². The molecule has 0 atom stereocenters. The fraction of sp³-hybridized carbons (Fsp3) is 0. The Hall–Kier alpha value is -1.22. The van der Waals surface area contributed by atoms with Gasteiger partial charge in [-0.15, -0.1) is 12.6 Å². The van der Waals surface area contributed by atoms with E-state index in [0.29, 0.717) is 0 Å². The second kappa shape index (κ2) is 3.97. The quantitative estimate of drug-likeness (QED) is 0.524. The van der Waals surface area contributed by atoms with Crippen LogP contribution in [0.15, 0.2) is 35.2 Å². The number of hydrogen-bond acceptors (Lipinski definition) is 2. The summed E-state index contributed by atoms with van der Waals surface area (Å²) in [5.74, 6) is -0.452. The average Bonchev–Trinajstić information content (AvgIpc) is 2.03. The molecule has 0 unspecified atom stereocenters. The number of carbonyl (C=O) groups is 1. The lowest BCUT2D eigenvalue weighted by atomic mass is 10.2. The summed E-state index contributed by atoms with van der Waals surface area (Å²) >= 11 is 4.20. The van der Waals surface area contributed by atoms with Gasteiger partial charge >= 0.3 is 0 Å². The Bertz CT molecular complexity index is 320. The van der Waals surface area contributed by atoms with Crippen molar-refractivity contribution < 1.29 is 4.79 Å². The number of primary amides is 1. The molecule has 62 valence electrons. The lowest BCUT2D eigenvalue weighted by Crippen LogP contribution is -2.05. The summed E-state index contributed by atoms with van der Waals surface area (Å²) in [6.45, 7) is 0. The maximum absolute atomic E-state index is 10.4. The van der Waals surface area contributed by atoms with Crippen molar-refractivity contribution in [2.24, 2.45) is 5.73 Å². The van der Waals surface area contributed by atoms with Crippen LogP contribution in [0.5, 0.6) is 0 Å². The lowest BCUT2D eigenvalue weighted by Gasteiger charge is -1.95. The van der Waals surface area contributed by atoms with Crippen LogP contribution in [0.4, 0.5) is 0 Å². The minimum Gasteiger partial charge on any atom is -0.366 e. The molecule has 0 fully saturated rings. The summed E-state index contributed by atoms with van der Waals surface area (Å²) in [5, 5.41) is 0. The predicted molar refractivity (Wildman–Crippen MR) is 51.9 cm³/mol. The third-order valence-corrected chi connectivity index (χ3v) is 1.77. The molecule has 3 heteroatoms. The summed E-state index contributed by atoms with van der Waals surface area (Å²) in [6, 6.07) is 7.47. The maximum atomic E-state index is 10.4. The molecule has 0 aliphatic carbocycles. The first-order chi connectivity index (χ1) is 5.70. The van der Waals surface area contributed by atoms with E-state index in [1.54, 1.807) is 6.08 Å². The van der Waals surface area contributed by atoms with Gasteiger partial charge in [-0.3, -0.25) is 4.79 Å². The number of carbonyl (C=O) groups excluding carboxylic acids is 1. The minimum absolute atomic E-state index is 0.452. The van der Waals surface area contributed by atoms with Gasteiger partial charge in [0.15, 0.2) is 0 Å². The molecule has 1 amide bonds. The molecule has 12 heavy (non-hydrogen) atoms. The van der Waals surface area contributed by atoms with Crippen LogP contribution >= 0.6 is 12.6 Å². The van der Waals surface area contributed by atoms with Gasteiger partial charge in [0.1, 0.15) is 0 Å². The van der Waals surface area contributed by atoms with Crippen LogP contribution in [0.3, 0.4) is 0 Å². The van der Waals surface area contributed by atoms with E-state index < -0.39 is 5.91 Å². The predicted octanol–water partition coefficient (Wildman–Crippen LogP) is 1.47. The van der Waals surface area contributed by atoms with Gasteiger partial charge in [-0.05, 0) is 17.7 Å². The SMILES string of the molecule is NC(=O)C=Cc1ccccc1S. The van der Waals surface area contributed by atoms with Crippen molar-refractivity contribution in [2.45, 2.75) is 4.90 Å². The molecule has 2 nitrogen and oxygen atoms in total. The van der Waals surface area contributed by atoms with Crippen LogP contribution < -0.4 is 5.73 Å². The molecular formula is C9H9NOS. The van der Waals surface area contributed by atoms with Crippen molar-refractivity contribution in [3.63, 3.8) is 0 Å². The largest absolute Gasteiger partial charge is 0.366 e. The third-order valence-electron chi connectivity index (χ3n) is 1.36. The van der Waals surface area contributed by atoms with E-state index in [1.165, 1.54) is 6.08 Å². The van der Waals surface area contributed by atoms with E-state index in [-0.39, 0.29) is 0 Å². The molecule has 0 saturated heterocycles. The molecule has 0 radical (unpaired) electrons. The molecule has 0 aliphatic heterocycles. The van der Waals surface area contributed by atoms with Crippen molar-refractivity contribution in [1.82, 2.24) is 0 Å². The zero-order chi connectivity index (χ0) is 8.97. The van der Waals surface area contributed by atoms with Crippen molar-refractivity contribution in [3.8, 4) is 0 Å². The zero-order valence-electron chi connectivity index (χ0n) is 6.40. The molecule has 0 aliphatic rings. The average molecular weight is 179 g/mol. The fourth-order valence-electron chi connectivity index (χ4n) is 0.800. The molecule has 0 saturated carbocycles. The van der Waals surface area contributed by atoms with Crippen molar-refractivity contribution >= 4 is 24.6 Å². The number of rotatable bonds is 2. The Balaban J connectivity index is 2.89. The van der Waals surface area contributed by atoms with Crippen LogP contribution in [0.1, 0.15) is 5.56 Å². The first-order valence-corrected chi connectivity index (χ1v) is 3.90. The van der Waals surface area contributed by atoms with Crippen LogP contribution in [-0.4, -0.2) is 5.91 Å². The molecule has 1 rings (SSSR count). The topological polar surface area (TPSA) is 43.1 Å². The van der Waals surface area contributed by atoms with Gasteiger partial charge in [-0.2, -0.15) is 0 Å². The molecule has 0 spiro atoms. The van der Waals surface area contributed by atoms with Crippen LogP contribution in [0.25, 0.3) is 6.08 Å². The number of nitrogens with two attached hydrogens (primary N) is 1. The number of thiol groups is 1. The summed E-state index contributed by atoms with van der Waals surface area (Å²) in [4.78, 5) is 11.2. The van der Waals surface area contributed by atoms with Gasteiger partial charge in [-0.25, -0.2) is 0 Å². The highest BCUT2D eigenvalue weighted by Crippen LogP contribution is 2.13. The molecule has 1 aromatic rings. The maximum Gasteiger partial charge on any atom is 0.241 e. The van der Waals surface area contributed by atoms with E-state index in [2.05, 4.69) is 12.6 Å². The molecular weight excluding hydrogens is 170 g/mol. The van der Waals surface area contributed by atoms with Gasteiger partial charge in [0.05, 0.1) is 0 Å². The number of amides is 1. The van der Waals surface area contributed by atoms with Gasteiger partial charge in [0.2, 0.25) is 5.91 Å². The summed E-state index contributed by atoms with van der Waals surface area (Å²) in [5.41, 5.74) is 5.83. The highest BCUT2D eigenvalue weighted by Gasteiger charge is 1.91. The summed E-state index contributed by atoms with van der Waals surface area (Å²) < 4.78 is 0. The minimum atomic E-state index is -0.452. The summed E-state index contributed by atoms with van der Waals surface area (Å²) in [6.07, 6.45) is 2.96. The standard InChI is InChI=1S/C9H9NOS/c10-9(11)6-5-7-3-1-2-4-8(7)12/h1-6,12H,(H2,10,11). The second-order valence-corrected chi connectivity index (χ2v) is 2.78. The monoisotopic (exact) mass is 179 g/mol. The first kappa shape index (κ1) is 8.87. The number of hydrogen-bond donors (Lipinski definition) is 2. The van der Waals surface area contributed by atoms with Gasteiger partial charge < -0.3 is 5.73 Å². The van der Waals surface area contributed by atoms with E-state index in [1.807, 2.05) is 24.3 Å². The van der Waals surface area contributed by atoms with Gasteiger partial charge in [-0.1, -0.05) is 18.2 Å². The smallest absolute Gasteiger partial charge is 0.241 e. The van der Waals surface area contributed by atoms with E-state index in [9.17, 15) is 4.79 Å². The first-order valence-electron chi connectivity index (χ1n) is 3.45. The normalized spacial score (nSPS) is 10.4. The van der Waals surface area contributed by atoms with Crippen LogP contribution in [-0.2, 0) is 4.79 Å². The third kappa shape index (κ3) is 2.43. The molecule has 1 aromatic carbocycles. The Labute approximate surface area is 76.5 Å². The highest BCUT2D eigenvalue weighted by atomic mass is 32.1. The second-order valence-electron chi connectivity index (χ2n) is 2.29. The Morgan fingerprint density at radius 3 is 2.67 bits per heavy atom. The van der Waals surface area contributed by atoms with E-state index >= 15 is 0 Å². The molecule has 0 bridgehead atoms. The summed E-state index contributed by atoms with van der Waals surface area (Å²) in [7, 11) is 0. The molecule has 0 heterocycles. The molecule has 0 aromatic heterocycles. The van der Waals surface area contributed by atoms with E-state index in [0.717, 1.165) is 10.5 Å². The number of benzene rings is 1. The zero-order valence-corrected chi connectivity index (χ0v) is 7.29. The van der Waals surface area contributed by atoms with Crippen LogP contribution in [0.2, 0.25) is 0 Å². The van der Waals surface area contributed by atoms with E-state index in [4.69, 9.17) is 5.73 Å². The van der Waals surface area contributed by atoms with Crippen molar-refractivity contribution in [3.05, 3.63) is 35.9 Å². The lowest BCUT2D eigenvalue weighted by molar-refractivity contribution is -0.113. The van der Waals surface area contributed by atoms with Crippen molar-refractivity contribution in [2.75, 3.05) is 0 Å². The Morgan fingerprint density at radius 1 is 1.42 bits per heavy atom. The molecule has 2 N–H and O–H groups in total. The van der Waals surface area contributed by atoms with Gasteiger partial charge in [0, 0.05) is 11.0 Å². The fourth-order valence-corrected chi connectivity index (χ4v) is 1.04. The Morgan fingerprint density at radius 2 is 2.08 bits per heavy atom. The van der Waals surface area contributed by atoms with Crippen LogP contribution in [0, 0.1) is 0 Å². The van der Waals surface area contributed by atoms with Gasteiger partial charge in [0.25, 0.3) is 0 Å².